The summed E-state index contributed by atoms with van der Waals surface area (Å²) >= 11 is 11.9. The summed E-state index contributed by atoms with van der Waals surface area (Å²) in [5.74, 6) is 0.197. The van der Waals surface area contributed by atoms with Gasteiger partial charge in [-0.3, -0.25) is 9.59 Å². The lowest BCUT2D eigenvalue weighted by Gasteiger charge is -2.17. The number of nitrogens with one attached hydrogen (secondary N) is 2. The van der Waals surface area contributed by atoms with Crippen LogP contribution < -0.4 is 21.1 Å². The summed E-state index contributed by atoms with van der Waals surface area (Å²) in [4.78, 5) is 23.4. The number of nitrogens with two attached hydrogens (primary N) is 1. The van der Waals surface area contributed by atoms with Gasteiger partial charge in [0.15, 0.2) is 6.61 Å². The summed E-state index contributed by atoms with van der Waals surface area (Å²) in [5.41, 5.74) is 8.11. The second kappa shape index (κ2) is 7.21. The number of carbonyl (C=O) groups excluding carboxylic acids is 2. The Morgan fingerprint density at radius 1 is 1.20 bits per heavy atom. The number of rotatable bonds is 4. The minimum atomic E-state index is -0.358. The molecule has 0 radical (unpaired) electrons. The fourth-order valence-electron chi connectivity index (χ4n) is 2.45. The van der Waals surface area contributed by atoms with Gasteiger partial charge in [-0.25, -0.2) is 0 Å². The minimum absolute atomic E-state index is 0.00126. The summed E-state index contributed by atoms with van der Waals surface area (Å²) in [6.07, 6.45) is 1.09. The van der Waals surface area contributed by atoms with Crippen molar-refractivity contribution >= 4 is 52.1 Å². The van der Waals surface area contributed by atoms with E-state index in [0.29, 0.717) is 24.3 Å². The van der Waals surface area contributed by atoms with Gasteiger partial charge in [-0.1, -0.05) is 23.2 Å². The van der Waals surface area contributed by atoms with E-state index in [2.05, 4.69) is 10.6 Å². The van der Waals surface area contributed by atoms with Gasteiger partial charge in [-0.2, -0.15) is 0 Å². The molecule has 1 heterocycles. The zero-order valence-corrected chi connectivity index (χ0v) is 14.6. The van der Waals surface area contributed by atoms with Crippen LogP contribution in [0.2, 0.25) is 10.0 Å². The number of hydrogen-bond donors (Lipinski definition) is 3. The van der Waals surface area contributed by atoms with Crippen LogP contribution in [0.5, 0.6) is 5.75 Å². The Kier molecular flexibility index (Phi) is 5.01. The van der Waals surface area contributed by atoms with E-state index in [4.69, 9.17) is 33.7 Å². The highest BCUT2D eigenvalue weighted by Gasteiger charge is 2.15. The van der Waals surface area contributed by atoms with Crippen molar-refractivity contribution in [1.29, 1.82) is 0 Å². The fourth-order valence-corrected chi connectivity index (χ4v) is 2.94. The van der Waals surface area contributed by atoms with Crippen molar-refractivity contribution < 1.29 is 14.3 Å². The molecule has 0 saturated carbocycles. The van der Waals surface area contributed by atoms with Crippen LogP contribution >= 0.6 is 23.2 Å². The van der Waals surface area contributed by atoms with E-state index in [-0.39, 0.29) is 34.2 Å². The van der Waals surface area contributed by atoms with E-state index in [1.165, 1.54) is 12.1 Å². The Bertz CT molecular complexity index is 832. The van der Waals surface area contributed by atoms with Crippen LogP contribution in [-0.4, -0.2) is 18.4 Å². The fraction of sp³-hybridized carbons (Fsp3) is 0.176. The molecule has 2 aromatic carbocycles. The average molecular weight is 380 g/mol. The Morgan fingerprint density at radius 3 is 2.64 bits per heavy atom. The molecule has 0 saturated heterocycles. The first-order valence-electron chi connectivity index (χ1n) is 7.52. The van der Waals surface area contributed by atoms with Crippen LogP contribution in [0.15, 0.2) is 30.3 Å². The van der Waals surface area contributed by atoms with E-state index in [9.17, 15) is 9.59 Å². The monoisotopic (exact) mass is 379 g/mol. The van der Waals surface area contributed by atoms with Crippen LogP contribution in [0.25, 0.3) is 0 Å². The van der Waals surface area contributed by atoms with E-state index in [1.54, 1.807) is 12.1 Å². The predicted molar refractivity (Wildman–Crippen MR) is 98.4 cm³/mol. The average Bonchev–Trinajstić information content (AvgIpc) is 2.57. The molecular weight excluding hydrogens is 365 g/mol. The maximum Gasteiger partial charge on any atom is 0.262 e. The van der Waals surface area contributed by atoms with Crippen molar-refractivity contribution in [2.24, 2.45) is 0 Å². The largest absolute Gasteiger partial charge is 0.484 e. The lowest BCUT2D eigenvalue weighted by molar-refractivity contribution is -0.118. The maximum absolute atomic E-state index is 12.0. The number of aryl methyl sites for hydroxylation is 1. The smallest absolute Gasteiger partial charge is 0.262 e. The molecule has 0 fully saturated rings. The Morgan fingerprint density at radius 2 is 1.92 bits per heavy atom. The standard InChI is InChI=1S/C17H15Cl2N3O3/c18-12-6-10(7-13(19)17(12)20)21-16(24)8-25-11-2-3-14-9(5-11)1-4-15(23)22-14/h2-3,5-7H,1,4,8,20H2,(H,21,24)(H,22,23). The lowest BCUT2D eigenvalue weighted by atomic mass is 10.0. The van der Waals surface area contributed by atoms with E-state index < -0.39 is 0 Å². The molecular formula is C17H15Cl2N3O3. The number of amides is 2. The summed E-state index contributed by atoms with van der Waals surface area (Å²) in [6, 6.07) is 8.32. The van der Waals surface area contributed by atoms with Crippen molar-refractivity contribution in [2.75, 3.05) is 23.0 Å². The molecule has 0 atom stereocenters. The van der Waals surface area contributed by atoms with E-state index >= 15 is 0 Å². The quantitative estimate of drug-likeness (QED) is 0.708. The van der Waals surface area contributed by atoms with Crippen molar-refractivity contribution in [3.63, 3.8) is 0 Å². The number of halogens is 2. The Balaban J connectivity index is 1.60. The molecule has 2 aromatic rings. The molecule has 0 aliphatic carbocycles. The number of benzene rings is 2. The number of anilines is 3. The summed E-state index contributed by atoms with van der Waals surface area (Å²) in [5, 5.41) is 5.96. The second-order valence-corrected chi connectivity index (χ2v) is 6.37. The highest BCUT2D eigenvalue weighted by molar-refractivity contribution is 6.39. The topological polar surface area (TPSA) is 93.4 Å². The first-order chi connectivity index (χ1) is 11.9. The third-order valence-electron chi connectivity index (χ3n) is 3.70. The number of fused-ring (bicyclic) bond motifs is 1. The molecule has 0 aromatic heterocycles. The molecule has 8 heteroatoms. The minimum Gasteiger partial charge on any atom is -0.484 e. The van der Waals surface area contributed by atoms with Gasteiger partial charge in [0.1, 0.15) is 5.75 Å². The van der Waals surface area contributed by atoms with Crippen molar-refractivity contribution in [2.45, 2.75) is 12.8 Å². The van der Waals surface area contributed by atoms with Crippen molar-refractivity contribution in [3.05, 3.63) is 45.9 Å². The molecule has 3 rings (SSSR count). The van der Waals surface area contributed by atoms with Crippen LogP contribution in [0, 0.1) is 0 Å². The Labute approximate surface area is 154 Å². The summed E-state index contributed by atoms with van der Waals surface area (Å²) in [6.45, 7) is -0.176. The first kappa shape index (κ1) is 17.4. The summed E-state index contributed by atoms with van der Waals surface area (Å²) in [7, 11) is 0. The third kappa shape index (κ3) is 4.15. The molecule has 0 spiro atoms. The molecule has 2 amide bonds. The molecule has 6 nitrogen and oxygen atoms in total. The van der Waals surface area contributed by atoms with Gasteiger partial charge in [0.05, 0.1) is 15.7 Å². The van der Waals surface area contributed by atoms with E-state index in [0.717, 1.165) is 11.3 Å². The molecule has 0 unspecified atom stereocenters. The second-order valence-electron chi connectivity index (χ2n) is 5.56. The SMILES string of the molecule is Nc1c(Cl)cc(NC(=O)COc2ccc3c(c2)CCC(=O)N3)cc1Cl. The molecule has 1 aliphatic rings. The van der Waals surface area contributed by atoms with Crippen LogP contribution in [-0.2, 0) is 16.0 Å². The maximum atomic E-state index is 12.0. The van der Waals surface area contributed by atoms with Gasteiger partial charge >= 0.3 is 0 Å². The highest BCUT2D eigenvalue weighted by atomic mass is 35.5. The van der Waals surface area contributed by atoms with Crippen molar-refractivity contribution in [1.82, 2.24) is 0 Å². The van der Waals surface area contributed by atoms with Gasteiger partial charge in [-0.15, -0.1) is 0 Å². The van der Waals surface area contributed by atoms with Gasteiger partial charge in [0.25, 0.3) is 5.91 Å². The molecule has 25 heavy (non-hydrogen) atoms. The number of carbonyl (C=O) groups is 2. The Hall–Kier alpha value is -2.44. The zero-order valence-electron chi connectivity index (χ0n) is 13.1. The van der Waals surface area contributed by atoms with Crippen LogP contribution in [0.4, 0.5) is 17.1 Å². The predicted octanol–water partition coefficient (Wildman–Crippen LogP) is 3.48. The highest BCUT2D eigenvalue weighted by Crippen LogP contribution is 2.31. The number of ether oxygens (including phenoxy) is 1. The molecule has 1 aliphatic heterocycles. The summed E-state index contributed by atoms with van der Waals surface area (Å²) < 4.78 is 5.50. The van der Waals surface area contributed by atoms with Gasteiger partial charge in [0, 0.05) is 17.8 Å². The molecule has 4 N–H and O–H groups in total. The van der Waals surface area contributed by atoms with Crippen molar-refractivity contribution in [3.8, 4) is 5.75 Å². The first-order valence-corrected chi connectivity index (χ1v) is 8.28. The van der Waals surface area contributed by atoms with Gasteiger partial charge in [-0.05, 0) is 42.3 Å². The third-order valence-corrected chi connectivity index (χ3v) is 4.33. The lowest BCUT2D eigenvalue weighted by Crippen LogP contribution is -2.21. The van der Waals surface area contributed by atoms with Gasteiger partial charge in [0.2, 0.25) is 5.91 Å². The molecule has 130 valence electrons. The van der Waals surface area contributed by atoms with E-state index in [1.807, 2.05) is 6.07 Å². The van der Waals surface area contributed by atoms with Crippen LogP contribution in [0.3, 0.4) is 0 Å². The normalized spacial score (nSPS) is 13.0. The number of nitrogen functional groups attached to an aromatic ring is 1. The zero-order chi connectivity index (χ0) is 18.0. The number of hydrogen-bond acceptors (Lipinski definition) is 4. The van der Waals surface area contributed by atoms with Crippen LogP contribution in [0.1, 0.15) is 12.0 Å². The van der Waals surface area contributed by atoms with Gasteiger partial charge < -0.3 is 21.1 Å². The molecule has 0 bridgehead atoms.